The maximum Gasteiger partial charge on any atom is 0.260 e. The molecule has 0 saturated heterocycles. The van der Waals surface area contributed by atoms with Crippen molar-refractivity contribution < 1.29 is 18.3 Å². The Morgan fingerprint density at radius 3 is 1.16 bits per heavy atom. The first kappa shape index (κ1) is 32.9. The van der Waals surface area contributed by atoms with Crippen LogP contribution < -0.4 is 25.9 Å². The average Bonchev–Trinajstić information content (AvgIpc) is 3.21. The topological polar surface area (TPSA) is 18.5 Å². The van der Waals surface area contributed by atoms with E-state index < -0.39 is 0 Å². The zero-order chi connectivity index (χ0) is 37.2. The van der Waals surface area contributed by atoms with Crippen LogP contribution in [0.4, 0.5) is 8.78 Å². The van der Waals surface area contributed by atoms with Gasteiger partial charge in [0.15, 0.2) is 0 Å². The van der Waals surface area contributed by atoms with Crippen molar-refractivity contribution in [2.75, 3.05) is 0 Å². The largest absolute Gasteiger partial charge is 0.458 e. The Balaban J connectivity index is 1.17. The van der Waals surface area contributed by atoms with Gasteiger partial charge in [-0.15, -0.1) is 0 Å². The Bertz CT molecular complexity index is 2620. The van der Waals surface area contributed by atoms with E-state index in [1.807, 2.05) is 0 Å². The second-order valence-electron chi connectivity index (χ2n) is 14.5. The SMILES string of the molecule is Cc1ccccc1-c1ccc2c(c1)Oc1cc(-c3cc(-c4ccc(F)cc4)cc(-c4ccc(F)cc4)c3)cc3c1B2c1ccc(-c2ccccc2C)cc1O3. The second kappa shape index (κ2) is 13.0. The van der Waals surface area contributed by atoms with Crippen LogP contribution in [0.1, 0.15) is 11.1 Å². The smallest absolute Gasteiger partial charge is 0.260 e. The highest BCUT2D eigenvalue weighted by Gasteiger charge is 2.40. The summed E-state index contributed by atoms with van der Waals surface area (Å²) in [4.78, 5) is 0. The van der Waals surface area contributed by atoms with Crippen molar-refractivity contribution in [3.05, 3.63) is 187 Å². The van der Waals surface area contributed by atoms with Gasteiger partial charge in [0.2, 0.25) is 0 Å². The van der Waals surface area contributed by atoms with Gasteiger partial charge in [0, 0.05) is 5.46 Å². The molecule has 262 valence electrons. The van der Waals surface area contributed by atoms with Gasteiger partial charge in [-0.3, -0.25) is 0 Å². The maximum atomic E-state index is 14.0. The number of halogens is 2. The molecule has 0 amide bonds. The summed E-state index contributed by atoms with van der Waals surface area (Å²) < 4.78 is 41.9. The molecule has 0 N–H and O–H groups in total. The highest BCUT2D eigenvalue weighted by molar-refractivity contribution is 6.98. The van der Waals surface area contributed by atoms with Crippen LogP contribution in [0.5, 0.6) is 23.0 Å². The molecule has 0 fully saturated rings. The highest BCUT2D eigenvalue weighted by atomic mass is 19.1. The third-order valence-electron chi connectivity index (χ3n) is 11.0. The third kappa shape index (κ3) is 5.80. The van der Waals surface area contributed by atoms with Gasteiger partial charge in [-0.05, 0) is 158 Å². The molecule has 0 spiro atoms. The lowest BCUT2D eigenvalue weighted by molar-refractivity contribution is 0.465. The van der Waals surface area contributed by atoms with E-state index in [1.165, 1.54) is 35.4 Å². The van der Waals surface area contributed by atoms with Gasteiger partial charge in [-0.2, -0.15) is 0 Å². The zero-order valence-electron chi connectivity index (χ0n) is 30.2. The summed E-state index contributed by atoms with van der Waals surface area (Å²) in [7, 11) is 0. The number of hydrogen-bond donors (Lipinski definition) is 0. The lowest BCUT2D eigenvalue weighted by Gasteiger charge is -2.34. The molecule has 0 aliphatic carbocycles. The Hall–Kier alpha value is -6.72. The van der Waals surface area contributed by atoms with Gasteiger partial charge < -0.3 is 9.47 Å². The lowest BCUT2D eigenvalue weighted by atomic mass is 9.34. The molecule has 0 aromatic heterocycles. The highest BCUT2D eigenvalue weighted by Crippen LogP contribution is 2.42. The summed E-state index contributed by atoms with van der Waals surface area (Å²) >= 11 is 0. The van der Waals surface area contributed by atoms with Crippen molar-refractivity contribution in [2.45, 2.75) is 13.8 Å². The third-order valence-corrected chi connectivity index (χ3v) is 11.0. The minimum absolute atomic E-state index is 0.108. The van der Waals surface area contributed by atoms with Crippen LogP contribution in [-0.4, -0.2) is 6.71 Å². The summed E-state index contributed by atoms with van der Waals surface area (Å²) in [5, 5.41) is 0. The molecule has 8 aromatic carbocycles. The van der Waals surface area contributed by atoms with Crippen LogP contribution in [0.3, 0.4) is 0 Å². The molecule has 2 aliphatic rings. The Labute approximate surface area is 319 Å². The molecular formula is C50H33BF2O2. The Kier molecular flexibility index (Phi) is 7.77. The van der Waals surface area contributed by atoms with Gasteiger partial charge in [0.25, 0.3) is 6.71 Å². The zero-order valence-corrected chi connectivity index (χ0v) is 30.2. The van der Waals surface area contributed by atoms with E-state index in [0.29, 0.717) is 0 Å². The predicted molar refractivity (Wildman–Crippen MR) is 221 cm³/mol. The van der Waals surface area contributed by atoms with Crippen LogP contribution in [0.2, 0.25) is 0 Å². The van der Waals surface area contributed by atoms with Crippen LogP contribution in [0.15, 0.2) is 164 Å². The number of rotatable bonds is 5. The van der Waals surface area contributed by atoms with Crippen LogP contribution in [0.25, 0.3) is 55.6 Å². The summed E-state index contributed by atoms with van der Waals surface area (Å²) in [5.41, 5.74) is 15.4. The molecular weight excluding hydrogens is 681 g/mol. The molecule has 0 radical (unpaired) electrons. The molecule has 8 aromatic rings. The first-order valence-corrected chi connectivity index (χ1v) is 18.5. The van der Waals surface area contributed by atoms with Gasteiger partial charge in [0.05, 0.1) is 0 Å². The number of benzene rings is 8. The maximum absolute atomic E-state index is 14.0. The monoisotopic (exact) mass is 714 g/mol. The molecule has 0 saturated carbocycles. The minimum Gasteiger partial charge on any atom is -0.458 e. The summed E-state index contributed by atoms with van der Waals surface area (Å²) in [5.74, 6) is 2.49. The van der Waals surface area contributed by atoms with Crippen LogP contribution >= 0.6 is 0 Å². The molecule has 0 bridgehead atoms. The van der Waals surface area contributed by atoms with E-state index in [0.717, 1.165) is 95.0 Å². The van der Waals surface area contributed by atoms with E-state index in [2.05, 4.69) is 129 Å². The summed E-state index contributed by atoms with van der Waals surface area (Å²) in [6.45, 7) is 4.15. The fraction of sp³-hybridized carbons (Fsp3) is 0.0400. The van der Waals surface area contributed by atoms with Crippen LogP contribution in [0, 0.1) is 25.5 Å². The molecule has 10 rings (SSSR count). The van der Waals surface area contributed by atoms with Crippen molar-refractivity contribution in [1.29, 1.82) is 0 Å². The number of ether oxygens (including phenoxy) is 2. The fourth-order valence-electron chi connectivity index (χ4n) is 8.20. The van der Waals surface area contributed by atoms with E-state index in [-0.39, 0.29) is 18.3 Å². The molecule has 0 unspecified atom stereocenters. The number of aryl methyl sites for hydroxylation is 2. The van der Waals surface area contributed by atoms with Gasteiger partial charge >= 0.3 is 0 Å². The molecule has 2 nitrogen and oxygen atoms in total. The normalized spacial score (nSPS) is 12.3. The first-order valence-electron chi connectivity index (χ1n) is 18.5. The average molecular weight is 715 g/mol. The van der Waals surface area contributed by atoms with Gasteiger partial charge in [0.1, 0.15) is 34.6 Å². The minimum atomic E-state index is -0.298. The van der Waals surface area contributed by atoms with Gasteiger partial charge in [-0.1, -0.05) is 97.1 Å². The molecule has 0 atom stereocenters. The van der Waals surface area contributed by atoms with Crippen molar-refractivity contribution in [3.8, 4) is 78.6 Å². The molecule has 55 heavy (non-hydrogen) atoms. The van der Waals surface area contributed by atoms with Crippen molar-refractivity contribution in [1.82, 2.24) is 0 Å². The number of fused-ring (bicyclic) bond motifs is 4. The summed E-state index contributed by atoms with van der Waals surface area (Å²) in [6, 6.07) is 53.4. The summed E-state index contributed by atoms with van der Waals surface area (Å²) in [6.07, 6.45) is 0. The Morgan fingerprint density at radius 1 is 0.364 bits per heavy atom. The van der Waals surface area contributed by atoms with E-state index in [1.54, 1.807) is 24.3 Å². The fourth-order valence-corrected chi connectivity index (χ4v) is 8.20. The molecule has 2 heterocycles. The van der Waals surface area contributed by atoms with E-state index in [9.17, 15) is 8.78 Å². The quantitative estimate of drug-likeness (QED) is 0.165. The van der Waals surface area contributed by atoms with Crippen molar-refractivity contribution in [3.63, 3.8) is 0 Å². The van der Waals surface area contributed by atoms with Gasteiger partial charge in [-0.25, -0.2) is 8.78 Å². The van der Waals surface area contributed by atoms with Crippen molar-refractivity contribution in [2.24, 2.45) is 0 Å². The van der Waals surface area contributed by atoms with E-state index in [4.69, 9.17) is 9.47 Å². The standard InChI is InChI=1S/C50H33BF2O2/c1-30-7-3-5-9-42(30)34-15-21-44-46(26-34)54-48-28-39(29-49-50(48)51(44)45-22-16-35(27-47(45)55-49)43-10-6-4-8-31(43)2)38-24-36(32-11-17-40(52)18-12-32)23-37(25-38)33-13-19-41(53)20-14-33/h3-29H,1-2H3. The first-order chi connectivity index (χ1) is 26.9. The van der Waals surface area contributed by atoms with Crippen molar-refractivity contribution >= 4 is 23.1 Å². The lowest BCUT2D eigenvalue weighted by Crippen LogP contribution is -2.57. The van der Waals surface area contributed by atoms with Crippen LogP contribution in [-0.2, 0) is 0 Å². The second-order valence-corrected chi connectivity index (χ2v) is 14.5. The Morgan fingerprint density at radius 2 is 0.727 bits per heavy atom. The molecule has 2 aliphatic heterocycles. The molecule has 5 heteroatoms. The van der Waals surface area contributed by atoms with E-state index >= 15 is 0 Å². The number of hydrogen-bond acceptors (Lipinski definition) is 2. The predicted octanol–water partition coefficient (Wildman–Crippen LogP) is 11.6.